The van der Waals surface area contributed by atoms with Crippen molar-refractivity contribution in [3.8, 4) is 17.1 Å². The van der Waals surface area contributed by atoms with Gasteiger partial charge in [0.2, 0.25) is 5.89 Å². The molecule has 41 heavy (non-hydrogen) atoms. The lowest BCUT2D eigenvalue weighted by Crippen LogP contribution is -2.05. The predicted molar refractivity (Wildman–Crippen MR) is 161 cm³/mol. The molecule has 3 aromatic heterocycles. The van der Waals surface area contributed by atoms with Crippen LogP contribution in [0.1, 0.15) is 39.8 Å². The number of hydrogen-bond donors (Lipinski definition) is 1. The van der Waals surface area contributed by atoms with Gasteiger partial charge in [-0.1, -0.05) is 37.3 Å². The van der Waals surface area contributed by atoms with Gasteiger partial charge in [0.15, 0.2) is 5.58 Å². The molecule has 7 nitrogen and oxygen atoms in total. The van der Waals surface area contributed by atoms with Gasteiger partial charge in [0.05, 0.1) is 27.8 Å². The maximum absolute atomic E-state index is 11.8. The maximum Gasteiger partial charge on any atom is 0.337 e. The summed E-state index contributed by atoms with van der Waals surface area (Å²) in [5.74, 6) is 0.678. The Morgan fingerprint density at radius 1 is 0.878 bits per heavy atom. The second-order valence-electron chi connectivity index (χ2n) is 10.5. The number of fused-ring (bicyclic) bond motifs is 3. The summed E-state index contributed by atoms with van der Waals surface area (Å²) in [4.78, 5) is 21.6. The van der Waals surface area contributed by atoms with Gasteiger partial charge in [-0.05, 0) is 79.1 Å². The maximum atomic E-state index is 11.8. The Morgan fingerprint density at radius 3 is 2.54 bits per heavy atom. The van der Waals surface area contributed by atoms with Crippen molar-refractivity contribution in [3.05, 3.63) is 113 Å². The molecule has 7 aromatic rings. The van der Waals surface area contributed by atoms with Gasteiger partial charge in [0.25, 0.3) is 0 Å². The van der Waals surface area contributed by atoms with E-state index >= 15 is 0 Å². The van der Waals surface area contributed by atoms with Crippen LogP contribution in [-0.2, 0) is 13.0 Å². The van der Waals surface area contributed by atoms with E-state index in [1.165, 1.54) is 0 Å². The Morgan fingerprint density at radius 2 is 1.73 bits per heavy atom. The second-order valence-corrected chi connectivity index (χ2v) is 10.5. The normalized spacial score (nSPS) is 11.7. The SMILES string of the molecule is CCc1nc2c(C)cc(-c3nc4c(C)cccc4o3)cc2n1Cc1ccc2c(ccn2-c2ccccc2C(=O)O)c1. The first-order valence-corrected chi connectivity index (χ1v) is 13.7. The molecule has 0 fully saturated rings. The number of para-hydroxylation sites is 2. The zero-order valence-corrected chi connectivity index (χ0v) is 23.0. The molecule has 0 saturated carbocycles. The number of nitrogens with zero attached hydrogens (tertiary/aromatic N) is 4. The summed E-state index contributed by atoms with van der Waals surface area (Å²) in [6.45, 7) is 6.91. The highest BCUT2D eigenvalue weighted by molar-refractivity contribution is 5.94. The van der Waals surface area contributed by atoms with Gasteiger partial charge < -0.3 is 18.7 Å². The third-order valence-corrected chi connectivity index (χ3v) is 7.80. The number of benzene rings is 4. The highest BCUT2D eigenvalue weighted by atomic mass is 16.4. The van der Waals surface area contributed by atoms with E-state index in [9.17, 15) is 9.90 Å². The zero-order chi connectivity index (χ0) is 28.2. The number of carbonyl (C=O) groups is 1. The number of hydrogen-bond acceptors (Lipinski definition) is 4. The van der Waals surface area contributed by atoms with Crippen molar-refractivity contribution in [3.63, 3.8) is 0 Å². The van der Waals surface area contributed by atoms with Gasteiger partial charge in [-0.3, -0.25) is 0 Å². The van der Waals surface area contributed by atoms with Crippen molar-refractivity contribution in [2.75, 3.05) is 0 Å². The van der Waals surface area contributed by atoms with E-state index in [-0.39, 0.29) is 5.56 Å². The van der Waals surface area contributed by atoms with Crippen LogP contribution in [0.2, 0.25) is 0 Å². The number of carboxylic acids is 1. The molecule has 7 rings (SSSR count). The smallest absolute Gasteiger partial charge is 0.337 e. The summed E-state index contributed by atoms with van der Waals surface area (Å²) in [7, 11) is 0. The number of aromatic carboxylic acids is 1. The van der Waals surface area contributed by atoms with Crippen LogP contribution in [0, 0.1) is 13.8 Å². The lowest BCUT2D eigenvalue weighted by molar-refractivity contribution is 0.0697. The molecule has 0 unspecified atom stereocenters. The minimum absolute atomic E-state index is 0.270. The van der Waals surface area contributed by atoms with Crippen molar-refractivity contribution >= 4 is 39.0 Å². The molecule has 0 amide bonds. The molecule has 202 valence electrons. The summed E-state index contributed by atoms with van der Waals surface area (Å²) < 4.78 is 10.4. The van der Waals surface area contributed by atoms with Crippen LogP contribution in [0.15, 0.2) is 89.5 Å². The molecule has 0 saturated heterocycles. The molecule has 0 bridgehead atoms. The minimum Gasteiger partial charge on any atom is -0.478 e. The van der Waals surface area contributed by atoms with E-state index in [1.807, 2.05) is 54.1 Å². The van der Waals surface area contributed by atoms with Crippen molar-refractivity contribution in [2.45, 2.75) is 33.7 Å². The van der Waals surface area contributed by atoms with Crippen LogP contribution < -0.4 is 0 Å². The van der Waals surface area contributed by atoms with Crippen LogP contribution in [0.5, 0.6) is 0 Å². The van der Waals surface area contributed by atoms with E-state index in [2.05, 4.69) is 48.7 Å². The van der Waals surface area contributed by atoms with E-state index < -0.39 is 5.97 Å². The number of carboxylic acid groups (broad SMARTS) is 1. The molecule has 0 aliphatic rings. The van der Waals surface area contributed by atoms with E-state index in [4.69, 9.17) is 14.4 Å². The van der Waals surface area contributed by atoms with E-state index in [0.717, 1.165) is 67.5 Å². The fourth-order valence-corrected chi connectivity index (χ4v) is 5.77. The van der Waals surface area contributed by atoms with E-state index in [0.29, 0.717) is 18.1 Å². The van der Waals surface area contributed by atoms with Gasteiger partial charge >= 0.3 is 5.97 Å². The molecule has 0 aliphatic heterocycles. The average Bonchev–Trinajstić information content (AvgIpc) is 3.69. The summed E-state index contributed by atoms with van der Waals surface area (Å²) in [6.07, 6.45) is 2.73. The Kier molecular flexibility index (Phi) is 5.75. The molecule has 0 radical (unpaired) electrons. The van der Waals surface area contributed by atoms with Crippen LogP contribution in [0.25, 0.3) is 50.2 Å². The first-order valence-electron chi connectivity index (χ1n) is 13.7. The van der Waals surface area contributed by atoms with Gasteiger partial charge in [-0.15, -0.1) is 0 Å². The largest absolute Gasteiger partial charge is 0.478 e. The van der Waals surface area contributed by atoms with E-state index in [1.54, 1.807) is 12.1 Å². The summed E-state index contributed by atoms with van der Waals surface area (Å²) in [5, 5.41) is 10.7. The molecule has 3 heterocycles. The number of aromatic nitrogens is 4. The number of oxazole rings is 1. The molecular formula is C34H28N4O3. The highest BCUT2D eigenvalue weighted by Gasteiger charge is 2.18. The van der Waals surface area contributed by atoms with Gasteiger partial charge in [-0.2, -0.15) is 0 Å². The first-order chi connectivity index (χ1) is 19.9. The highest BCUT2D eigenvalue weighted by Crippen LogP contribution is 2.32. The minimum atomic E-state index is -0.944. The van der Waals surface area contributed by atoms with Crippen LogP contribution in [-0.4, -0.2) is 30.2 Å². The van der Waals surface area contributed by atoms with Crippen molar-refractivity contribution in [1.29, 1.82) is 0 Å². The zero-order valence-electron chi connectivity index (χ0n) is 23.0. The van der Waals surface area contributed by atoms with Gasteiger partial charge in [0, 0.05) is 30.1 Å². The van der Waals surface area contributed by atoms with Crippen molar-refractivity contribution in [2.24, 2.45) is 0 Å². The fraction of sp³-hybridized carbons (Fsp3) is 0.147. The Hall–Kier alpha value is -5.17. The number of aryl methyl sites for hydroxylation is 3. The monoisotopic (exact) mass is 540 g/mol. The Labute approximate surface area is 236 Å². The third kappa shape index (κ3) is 4.09. The topological polar surface area (TPSA) is 86.1 Å². The summed E-state index contributed by atoms with van der Waals surface area (Å²) in [6, 6.07) is 25.6. The molecule has 0 aliphatic carbocycles. The van der Waals surface area contributed by atoms with Crippen LogP contribution >= 0.6 is 0 Å². The molecule has 1 N–H and O–H groups in total. The number of rotatable bonds is 6. The van der Waals surface area contributed by atoms with Gasteiger partial charge in [0.1, 0.15) is 11.3 Å². The Bertz CT molecular complexity index is 2130. The Balaban J connectivity index is 1.30. The first kappa shape index (κ1) is 24.8. The molecule has 0 spiro atoms. The quantitative estimate of drug-likeness (QED) is 0.233. The van der Waals surface area contributed by atoms with Crippen LogP contribution in [0.4, 0.5) is 0 Å². The fourth-order valence-electron chi connectivity index (χ4n) is 5.77. The lowest BCUT2D eigenvalue weighted by Gasteiger charge is -2.11. The standard InChI is InChI=1S/C34H28N4O3/c1-4-30-35-31-21(3)16-24(33-36-32-20(2)8-7-11-29(32)41-33)18-28(31)38(30)19-22-12-13-26-23(17-22)14-15-37(26)27-10-6-5-9-25(27)34(39)40/h5-18H,4,19H2,1-3H3,(H,39,40). The van der Waals surface area contributed by atoms with Crippen LogP contribution in [0.3, 0.4) is 0 Å². The average molecular weight is 541 g/mol. The number of imidazole rings is 1. The molecule has 7 heteroatoms. The van der Waals surface area contributed by atoms with Gasteiger partial charge in [-0.25, -0.2) is 14.8 Å². The second kappa shape index (κ2) is 9.48. The third-order valence-electron chi connectivity index (χ3n) is 7.80. The summed E-state index contributed by atoms with van der Waals surface area (Å²) >= 11 is 0. The lowest BCUT2D eigenvalue weighted by atomic mass is 10.1. The molecule has 0 atom stereocenters. The van der Waals surface area contributed by atoms with Crippen molar-refractivity contribution in [1.82, 2.24) is 19.1 Å². The summed E-state index contributed by atoms with van der Waals surface area (Å²) in [5.41, 5.74) is 9.80. The molecule has 4 aromatic carbocycles. The predicted octanol–water partition coefficient (Wildman–Crippen LogP) is 7.71. The van der Waals surface area contributed by atoms with Crippen molar-refractivity contribution < 1.29 is 14.3 Å². The molecular weight excluding hydrogens is 512 g/mol.